The summed E-state index contributed by atoms with van der Waals surface area (Å²) in [5.41, 5.74) is 0.515. The molecule has 0 amide bonds. The first-order valence-corrected chi connectivity index (χ1v) is 11.0. The Morgan fingerprint density at radius 3 is 2.54 bits per heavy atom. The van der Waals surface area contributed by atoms with Crippen molar-refractivity contribution in [3.8, 4) is 0 Å². The molecule has 1 unspecified atom stereocenters. The summed E-state index contributed by atoms with van der Waals surface area (Å²) >= 11 is 0. The summed E-state index contributed by atoms with van der Waals surface area (Å²) in [5.74, 6) is 3.53. The first-order chi connectivity index (χ1) is 12.3. The Labute approximate surface area is 158 Å². The molecule has 4 saturated carbocycles. The van der Waals surface area contributed by atoms with Gasteiger partial charge in [0.05, 0.1) is 0 Å². The number of fused-ring (bicyclic) bond motifs is 5. The lowest BCUT2D eigenvalue weighted by Crippen LogP contribution is -2.55. The fourth-order valence-corrected chi connectivity index (χ4v) is 7.79. The van der Waals surface area contributed by atoms with Gasteiger partial charge in [-0.15, -0.1) is 0 Å². The van der Waals surface area contributed by atoms with Gasteiger partial charge in [-0.25, -0.2) is 0 Å². The Hall–Kier alpha value is -0.860. The predicted octanol–water partition coefficient (Wildman–Crippen LogP) is 5.17. The molecule has 4 fully saturated rings. The molecule has 146 valence electrons. The summed E-state index contributed by atoms with van der Waals surface area (Å²) in [5, 5.41) is 0. The Balaban J connectivity index is 1.57. The van der Waals surface area contributed by atoms with Crippen LogP contribution in [0.15, 0.2) is 0 Å². The lowest BCUT2D eigenvalue weighted by atomic mass is 9.44. The Bertz CT molecular complexity index is 598. The highest BCUT2D eigenvalue weighted by Crippen LogP contribution is 2.66. The largest absolute Gasteiger partial charge is 0.462 e. The molecule has 3 nitrogen and oxygen atoms in total. The minimum atomic E-state index is -0.0331. The maximum atomic E-state index is 12.3. The van der Waals surface area contributed by atoms with Crippen molar-refractivity contribution in [3.05, 3.63) is 0 Å². The fraction of sp³-hybridized carbons (Fsp3) is 0.913. The molecule has 0 spiro atoms. The zero-order valence-electron chi connectivity index (χ0n) is 17.1. The van der Waals surface area contributed by atoms with Gasteiger partial charge in [-0.2, -0.15) is 0 Å². The molecule has 0 saturated heterocycles. The monoisotopic (exact) mass is 360 g/mol. The van der Waals surface area contributed by atoms with Crippen LogP contribution in [-0.4, -0.2) is 17.9 Å². The van der Waals surface area contributed by atoms with Crippen molar-refractivity contribution in [2.75, 3.05) is 0 Å². The quantitative estimate of drug-likeness (QED) is 0.638. The summed E-state index contributed by atoms with van der Waals surface area (Å²) in [4.78, 5) is 24.2. The molecule has 0 radical (unpaired) electrons. The van der Waals surface area contributed by atoms with E-state index in [2.05, 4.69) is 20.8 Å². The van der Waals surface area contributed by atoms with Gasteiger partial charge >= 0.3 is 5.97 Å². The van der Waals surface area contributed by atoms with Crippen LogP contribution in [0.1, 0.15) is 85.5 Å². The first-order valence-electron chi connectivity index (χ1n) is 11.0. The zero-order chi connectivity index (χ0) is 18.7. The third-order valence-electron chi connectivity index (χ3n) is 9.28. The highest BCUT2D eigenvalue weighted by atomic mass is 16.5. The standard InChI is InChI=1S/C23H36O3/c1-5-21(25)26-20-9-8-17-16-7-6-15-12-19(24)14(2)13-23(15,4)18(16)10-11-22(17,20)3/h14-18,20H,5-13H2,1-4H3/t14-,15+,16+,17+,18+,20?,22+,23+/m1/s1. The van der Waals surface area contributed by atoms with Gasteiger partial charge in [0.25, 0.3) is 0 Å². The van der Waals surface area contributed by atoms with Crippen molar-refractivity contribution in [3.63, 3.8) is 0 Å². The van der Waals surface area contributed by atoms with Crippen molar-refractivity contribution in [2.45, 2.75) is 91.6 Å². The van der Waals surface area contributed by atoms with Crippen molar-refractivity contribution in [2.24, 2.45) is 40.4 Å². The number of hydrogen-bond donors (Lipinski definition) is 0. The van der Waals surface area contributed by atoms with Gasteiger partial charge in [-0.1, -0.05) is 27.7 Å². The predicted molar refractivity (Wildman–Crippen MR) is 101 cm³/mol. The van der Waals surface area contributed by atoms with Gasteiger partial charge in [-0.05, 0) is 74.0 Å². The van der Waals surface area contributed by atoms with E-state index in [1.165, 1.54) is 32.1 Å². The summed E-state index contributed by atoms with van der Waals surface area (Å²) < 4.78 is 5.89. The molecule has 0 N–H and O–H groups in total. The molecule has 0 heterocycles. The average molecular weight is 361 g/mol. The number of carbonyl (C=O) groups is 2. The second-order valence-corrected chi connectivity index (χ2v) is 10.4. The zero-order valence-corrected chi connectivity index (χ0v) is 17.1. The third kappa shape index (κ3) is 2.59. The molecule has 0 bridgehead atoms. The Morgan fingerprint density at radius 2 is 1.81 bits per heavy atom. The van der Waals surface area contributed by atoms with Crippen LogP contribution in [-0.2, 0) is 14.3 Å². The van der Waals surface area contributed by atoms with Gasteiger partial charge in [0.1, 0.15) is 11.9 Å². The molecule has 4 rings (SSSR count). The molecular weight excluding hydrogens is 324 g/mol. The van der Waals surface area contributed by atoms with Crippen LogP contribution in [0.4, 0.5) is 0 Å². The number of ether oxygens (including phenoxy) is 1. The molecule has 3 heteroatoms. The first kappa shape index (κ1) is 18.5. The minimum absolute atomic E-state index is 0.0331. The van der Waals surface area contributed by atoms with Crippen molar-refractivity contribution in [1.82, 2.24) is 0 Å². The van der Waals surface area contributed by atoms with Gasteiger partial charge in [0.2, 0.25) is 0 Å². The maximum Gasteiger partial charge on any atom is 0.305 e. The Morgan fingerprint density at radius 1 is 1.08 bits per heavy atom. The molecule has 0 aromatic rings. The van der Waals surface area contributed by atoms with Gasteiger partial charge < -0.3 is 4.74 Å². The Kier molecular flexibility index (Phi) is 4.51. The minimum Gasteiger partial charge on any atom is -0.462 e. The van der Waals surface area contributed by atoms with E-state index in [0.29, 0.717) is 29.5 Å². The van der Waals surface area contributed by atoms with Crippen molar-refractivity contribution in [1.29, 1.82) is 0 Å². The van der Waals surface area contributed by atoms with Crippen LogP contribution in [0.3, 0.4) is 0 Å². The second kappa shape index (κ2) is 6.34. The van der Waals surface area contributed by atoms with E-state index in [4.69, 9.17) is 4.74 Å². The van der Waals surface area contributed by atoms with E-state index in [0.717, 1.165) is 31.1 Å². The number of Topliss-reactive ketones (excluding diaryl/α,β-unsaturated/α-hetero) is 1. The van der Waals surface area contributed by atoms with E-state index in [1.54, 1.807) is 0 Å². The highest BCUT2D eigenvalue weighted by molar-refractivity contribution is 5.82. The SMILES string of the molecule is CCC(=O)OC1CC[C@H]2[C@@H]3CC[C@H]4CC(=O)[C@H](C)C[C@]4(C)[C@H]3CC[C@]12C. The smallest absolute Gasteiger partial charge is 0.305 e. The van der Waals surface area contributed by atoms with Crippen LogP contribution in [0.25, 0.3) is 0 Å². The summed E-state index contributed by atoms with van der Waals surface area (Å²) in [6.45, 7) is 8.94. The van der Waals surface area contributed by atoms with E-state index in [-0.39, 0.29) is 23.4 Å². The second-order valence-electron chi connectivity index (χ2n) is 10.4. The van der Waals surface area contributed by atoms with E-state index >= 15 is 0 Å². The number of rotatable bonds is 2. The molecular formula is C23H36O3. The number of esters is 1. The third-order valence-corrected chi connectivity index (χ3v) is 9.28. The summed E-state index contributed by atoms with van der Waals surface area (Å²) in [7, 11) is 0. The maximum absolute atomic E-state index is 12.3. The lowest BCUT2D eigenvalue weighted by Gasteiger charge is -2.60. The molecule has 0 aromatic carbocycles. The topological polar surface area (TPSA) is 43.4 Å². The average Bonchev–Trinajstić information content (AvgIpc) is 2.93. The number of ketones is 1. The normalized spacial score (nSPS) is 50.5. The lowest BCUT2D eigenvalue weighted by molar-refractivity contribution is -0.165. The molecule has 4 aliphatic carbocycles. The fourth-order valence-electron chi connectivity index (χ4n) is 7.79. The summed E-state index contributed by atoms with van der Waals surface area (Å²) in [6.07, 6.45) is 9.72. The molecule has 8 atom stereocenters. The molecule has 0 aliphatic heterocycles. The van der Waals surface area contributed by atoms with Gasteiger partial charge in [0, 0.05) is 24.2 Å². The van der Waals surface area contributed by atoms with Gasteiger partial charge in [-0.3, -0.25) is 9.59 Å². The van der Waals surface area contributed by atoms with Crippen molar-refractivity contribution >= 4 is 11.8 Å². The van der Waals surface area contributed by atoms with Crippen LogP contribution in [0.2, 0.25) is 0 Å². The number of hydrogen-bond acceptors (Lipinski definition) is 3. The molecule has 0 aromatic heterocycles. The van der Waals surface area contributed by atoms with Crippen LogP contribution in [0.5, 0.6) is 0 Å². The van der Waals surface area contributed by atoms with E-state index < -0.39 is 0 Å². The summed E-state index contributed by atoms with van der Waals surface area (Å²) in [6, 6.07) is 0. The molecule has 4 aliphatic rings. The number of carbonyl (C=O) groups excluding carboxylic acids is 2. The van der Waals surface area contributed by atoms with Crippen LogP contribution < -0.4 is 0 Å². The molecule has 26 heavy (non-hydrogen) atoms. The van der Waals surface area contributed by atoms with E-state index in [9.17, 15) is 9.59 Å². The highest BCUT2D eigenvalue weighted by Gasteiger charge is 2.61. The van der Waals surface area contributed by atoms with Crippen LogP contribution in [0, 0.1) is 40.4 Å². The van der Waals surface area contributed by atoms with Gasteiger partial charge in [0.15, 0.2) is 0 Å². The van der Waals surface area contributed by atoms with Crippen molar-refractivity contribution < 1.29 is 14.3 Å². The van der Waals surface area contributed by atoms with Crippen LogP contribution >= 0.6 is 0 Å². The van der Waals surface area contributed by atoms with E-state index in [1.807, 2.05) is 6.92 Å².